The molecule has 94 valence electrons. The molecule has 0 N–H and O–H groups in total. The summed E-state index contributed by atoms with van der Waals surface area (Å²) in [7, 11) is -3.58. The lowest BCUT2D eigenvalue weighted by molar-refractivity contribution is 0.562. The lowest BCUT2D eigenvalue weighted by Gasteiger charge is -2.14. The Kier molecular flexibility index (Phi) is 4.09. The molecule has 1 rings (SSSR count). The second kappa shape index (κ2) is 4.86. The quantitative estimate of drug-likeness (QED) is 0.785. The molecule has 0 saturated carbocycles. The zero-order valence-electron chi connectivity index (χ0n) is 9.74. The van der Waals surface area contributed by atoms with Crippen LogP contribution in [0.5, 0.6) is 0 Å². The number of hydrogen-bond acceptors (Lipinski definition) is 2. The van der Waals surface area contributed by atoms with Crippen molar-refractivity contribution in [2.45, 2.75) is 25.5 Å². The van der Waals surface area contributed by atoms with Crippen molar-refractivity contribution in [2.24, 2.45) is 4.40 Å². The molecular formula is C11H13BrFNO2S. The molecule has 6 heteroatoms. The smallest absolute Gasteiger partial charge is 0.206 e. The monoisotopic (exact) mass is 321 g/mol. The number of halogens is 2. The molecule has 17 heavy (non-hydrogen) atoms. The fraction of sp³-hybridized carbons (Fsp3) is 0.364. The molecule has 3 nitrogen and oxygen atoms in total. The van der Waals surface area contributed by atoms with Gasteiger partial charge in [-0.1, -0.05) is 6.07 Å². The Balaban J connectivity index is 3.04. The minimum atomic E-state index is -3.58. The van der Waals surface area contributed by atoms with Crippen molar-refractivity contribution in [3.8, 4) is 0 Å². The molecule has 0 aliphatic carbocycles. The normalized spacial score (nSPS) is 13.2. The van der Waals surface area contributed by atoms with Gasteiger partial charge < -0.3 is 0 Å². The average molecular weight is 322 g/mol. The van der Waals surface area contributed by atoms with E-state index < -0.39 is 20.6 Å². The third-order valence-corrected chi connectivity index (χ3v) is 4.63. The first-order valence-electron chi connectivity index (χ1n) is 4.88. The molecule has 0 aromatic heterocycles. The van der Waals surface area contributed by atoms with Gasteiger partial charge in [-0.3, -0.25) is 0 Å². The van der Waals surface area contributed by atoms with E-state index in [4.69, 9.17) is 0 Å². The molecule has 0 aliphatic heterocycles. The highest BCUT2D eigenvalue weighted by atomic mass is 79.9. The molecule has 1 aromatic carbocycles. The van der Waals surface area contributed by atoms with Crippen LogP contribution in [0.3, 0.4) is 0 Å². The van der Waals surface area contributed by atoms with Crippen LogP contribution in [-0.4, -0.2) is 19.4 Å². The van der Waals surface area contributed by atoms with Gasteiger partial charge in [0.05, 0.1) is 9.22 Å². The molecule has 0 heterocycles. The summed E-state index contributed by atoms with van der Waals surface area (Å²) in [5, 5.41) is 0. The van der Waals surface area contributed by atoms with Crippen molar-refractivity contribution in [3.63, 3.8) is 0 Å². The van der Waals surface area contributed by atoms with E-state index in [0.717, 1.165) is 6.21 Å². The number of rotatable bonds is 2. The fourth-order valence-corrected chi connectivity index (χ4v) is 1.70. The molecule has 0 amide bonds. The van der Waals surface area contributed by atoms with Crippen LogP contribution in [-0.2, 0) is 10.0 Å². The van der Waals surface area contributed by atoms with Crippen LogP contribution in [0.15, 0.2) is 27.1 Å². The molecular weight excluding hydrogens is 309 g/mol. The van der Waals surface area contributed by atoms with Crippen LogP contribution in [0.2, 0.25) is 0 Å². The second-order valence-corrected chi connectivity index (χ2v) is 7.74. The molecule has 0 saturated heterocycles. The van der Waals surface area contributed by atoms with Crippen LogP contribution in [0, 0.1) is 5.82 Å². The van der Waals surface area contributed by atoms with Crippen molar-refractivity contribution < 1.29 is 12.8 Å². The lowest BCUT2D eigenvalue weighted by Crippen LogP contribution is -2.25. The topological polar surface area (TPSA) is 46.5 Å². The Hall–Kier alpha value is -0.750. The maximum atomic E-state index is 13.2. The van der Waals surface area contributed by atoms with Crippen molar-refractivity contribution in [3.05, 3.63) is 34.1 Å². The van der Waals surface area contributed by atoms with Gasteiger partial charge in [0.15, 0.2) is 0 Å². The van der Waals surface area contributed by atoms with Gasteiger partial charge in [0.1, 0.15) is 5.82 Å². The van der Waals surface area contributed by atoms with Crippen molar-refractivity contribution >= 4 is 32.2 Å². The van der Waals surface area contributed by atoms with Gasteiger partial charge in [0.2, 0.25) is 0 Å². The molecule has 0 atom stereocenters. The second-order valence-electron chi connectivity index (χ2n) is 4.50. The molecule has 0 spiro atoms. The first-order valence-corrected chi connectivity index (χ1v) is 7.12. The van der Waals surface area contributed by atoms with Crippen molar-refractivity contribution in [1.82, 2.24) is 0 Å². The number of nitrogens with zero attached hydrogens (tertiary/aromatic N) is 1. The summed E-state index contributed by atoms with van der Waals surface area (Å²) in [6, 6.07) is 4.29. The van der Waals surface area contributed by atoms with Crippen LogP contribution in [0.1, 0.15) is 26.3 Å². The Bertz CT molecular complexity index is 547. The number of sulfonamides is 1. The molecule has 0 unspecified atom stereocenters. The predicted octanol–water partition coefficient (Wildman–Crippen LogP) is 3.14. The van der Waals surface area contributed by atoms with E-state index >= 15 is 0 Å². The van der Waals surface area contributed by atoms with Crippen LogP contribution < -0.4 is 0 Å². The zero-order chi connectivity index (χ0) is 13.3. The van der Waals surface area contributed by atoms with Crippen LogP contribution in [0.4, 0.5) is 4.39 Å². The maximum Gasteiger partial charge on any atom is 0.258 e. The van der Waals surface area contributed by atoms with Gasteiger partial charge in [0.25, 0.3) is 10.0 Å². The average Bonchev–Trinajstić information content (AvgIpc) is 2.18. The van der Waals surface area contributed by atoms with Gasteiger partial charge in [-0.15, -0.1) is 0 Å². The number of hydrogen-bond donors (Lipinski definition) is 0. The lowest BCUT2D eigenvalue weighted by atomic mass is 10.2. The third kappa shape index (κ3) is 3.61. The van der Waals surface area contributed by atoms with Crippen LogP contribution >= 0.6 is 15.9 Å². The third-order valence-electron chi connectivity index (χ3n) is 2.06. The highest BCUT2D eigenvalue weighted by Crippen LogP contribution is 2.18. The Morgan fingerprint density at radius 3 is 2.41 bits per heavy atom. The summed E-state index contributed by atoms with van der Waals surface area (Å²) in [5.74, 6) is -0.456. The Morgan fingerprint density at radius 2 is 1.94 bits per heavy atom. The Morgan fingerprint density at radius 1 is 1.35 bits per heavy atom. The molecule has 1 aromatic rings. The summed E-state index contributed by atoms with van der Waals surface area (Å²) in [6.07, 6.45) is 1.15. The number of benzene rings is 1. The summed E-state index contributed by atoms with van der Waals surface area (Å²) in [4.78, 5) is 0. The first-order chi connectivity index (χ1) is 7.63. The summed E-state index contributed by atoms with van der Waals surface area (Å²) in [5.41, 5.74) is 0.401. The van der Waals surface area contributed by atoms with Gasteiger partial charge in [-0.25, -0.2) is 12.8 Å². The van der Waals surface area contributed by atoms with Gasteiger partial charge in [0, 0.05) is 6.21 Å². The minimum Gasteiger partial charge on any atom is -0.206 e. The summed E-state index contributed by atoms with van der Waals surface area (Å²) < 4.78 is 39.4. The van der Waals surface area contributed by atoms with Crippen molar-refractivity contribution in [2.75, 3.05) is 0 Å². The predicted molar refractivity (Wildman–Crippen MR) is 70.4 cm³/mol. The zero-order valence-corrected chi connectivity index (χ0v) is 12.1. The largest absolute Gasteiger partial charge is 0.258 e. The molecule has 0 aliphatic rings. The minimum absolute atomic E-state index is 0.327. The Labute approximate surface area is 109 Å². The van der Waals surface area contributed by atoms with E-state index in [2.05, 4.69) is 20.3 Å². The van der Waals surface area contributed by atoms with Crippen molar-refractivity contribution in [1.29, 1.82) is 0 Å². The van der Waals surface area contributed by atoms with E-state index in [-0.39, 0.29) is 0 Å². The first kappa shape index (κ1) is 14.3. The van der Waals surface area contributed by atoms with Gasteiger partial charge in [-0.2, -0.15) is 4.40 Å². The van der Waals surface area contributed by atoms with E-state index in [1.807, 2.05) is 0 Å². The SMILES string of the molecule is CC(C)(C)S(=O)(=O)/N=C/c1ccc(Br)c(F)c1. The van der Waals surface area contributed by atoms with E-state index in [0.29, 0.717) is 10.0 Å². The van der Waals surface area contributed by atoms with Gasteiger partial charge in [-0.05, 0) is 54.4 Å². The van der Waals surface area contributed by atoms with Gasteiger partial charge >= 0.3 is 0 Å². The molecule has 0 bridgehead atoms. The summed E-state index contributed by atoms with van der Waals surface area (Å²) >= 11 is 3.01. The van der Waals surface area contributed by atoms with Crippen LogP contribution in [0.25, 0.3) is 0 Å². The summed E-state index contributed by atoms with van der Waals surface area (Å²) in [6.45, 7) is 4.67. The highest BCUT2D eigenvalue weighted by molar-refractivity contribution is 9.10. The molecule has 0 fully saturated rings. The maximum absolute atomic E-state index is 13.2. The van der Waals surface area contributed by atoms with E-state index in [9.17, 15) is 12.8 Å². The fourth-order valence-electron chi connectivity index (χ4n) is 0.881. The van der Waals surface area contributed by atoms with E-state index in [1.165, 1.54) is 12.1 Å². The highest BCUT2D eigenvalue weighted by Gasteiger charge is 2.27. The standard InChI is InChI=1S/C11H13BrFNO2S/c1-11(2,3)17(15,16)14-7-8-4-5-9(12)10(13)6-8/h4-7H,1-3H3/b14-7+. The van der Waals surface area contributed by atoms with E-state index in [1.54, 1.807) is 26.8 Å². The molecule has 0 radical (unpaired) electrons.